The van der Waals surface area contributed by atoms with Gasteiger partial charge in [-0.3, -0.25) is 4.79 Å². The Kier molecular flexibility index (Phi) is 5.48. The normalized spacial score (nSPS) is 18.6. The van der Waals surface area contributed by atoms with Crippen LogP contribution in [-0.4, -0.2) is 25.3 Å². The van der Waals surface area contributed by atoms with Crippen LogP contribution in [0.1, 0.15) is 49.9 Å². The van der Waals surface area contributed by atoms with E-state index in [1.165, 1.54) is 12.1 Å². The highest BCUT2D eigenvalue weighted by molar-refractivity contribution is 5.95. The highest BCUT2D eigenvalue weighted by Crippen LogP contribution is 2.25. The van der Waals surface area contributed by atoms with E-state index in [9.17, 15) is 9.18 Å². The molecular weight excluding hydrogens is 271 g/mol. The average molecular weight is 294 g/mol. The Morgan fingerprint density at radius 3 is 2.67 bits per heavy atom. The number of benzene rings is 1. The molecule has 1 aromatic carbocycles. The quantitative estimate of drug-likeness (QED) is 0.588. The molecule has 4 heteroatoms. The molecule has 0 saturated carbocycles. The molecule has 1 fully saturated rings. The predicted molar refractivity (Wildman–Crippen MR) is 78.7 cm³/mol. The number of halogens is 1. The van der Waals surface area contributed by atoms with Crippen LogP contribution in [0.3, 0.4) is 0 Å². The minimum atomic E-state index is -0.368. The van der Waals surface area contributed by atoms with Gasteiger partial charge in [0.25, 0.3) is 0 Å². The minimum absolute atomic E-state index is 0.0129. The van der Waals surface area contributed by atoms with E-state index in [2.05, 4.69) is 13.8 Å². The molecular formula is C17H23FO3. The van der Waals surface area contributed by atoms with E-state index in [0.29, 0.717) is 25.2 Å². The van der Waals surface area contributed by atoms with Crippen molar-refractivity contribution < 1.29 is 18.7 Å². The maximum Gasteiger partial charge on any atom is 0.162 e. The monoisotopic (exact) mass is 294 g/mol. The fourth-order valence-electron chi connectivity index (χ4n) is 2.30. The van der Waals surface area contributed by atoms with Crippen LogP contribution < -0.4 is 0 Å². The zero-order chi connectivity index (χ0) is 15.3. The zero-order valence-corrected chi connectivity index (χ0v) is 12.7. The number of hydrogen-bond donors (Lipinski definition) is 0. The van der Waals surface area contributed by atoms with E-state index in [-0.39, 0.29) is 23.3 Å². The lowest BCUT2D eigenvalue weighted by atomic mass is 9.95. The highest BCUT2D eigenvalue weighted by Gasteiger charge is 2.27. The summed E-state index contributed by atoms with van der Waals surface area (Å²) in [6.45, 7) is 5.64. The second-order valence-corrected chi connectivity index (χ2v) is 6.40. The Balaban J connectivity index is 1.65. The fourth-order valence-corrected chi connectivity index (χ4v) is 2.30. The molecule has 1 heterocycles. The van der Waals surface area contributed by atoms with Crippen molar-refractivity contribution >= 4 is 5.78 Å². The first-order chi connectivity index (χ1) is 9.96. The van der Waals surface area contributed by atoms with Gasteiger partial charge in [0.15, 0.2) is 12.1 Å². The third kappa shape index (κ3) is 5.21. The summed E-state index contributed by atoms with van der Waals surface area (Å²) in [6, 6.07) is 5.85. The van der Waals surface area contributed by atoms with Crippen molar-refractivity contribution in [3.63, 3.8) is 0 Å². The van der Waals surface area contributed by atoms with E-state index in [1.807, 2.05) is 0 Å². The van der Waals surface area contributed by atoms with Crippen molar-refractivity contribution in [2.24, 2.45) is 5.41 Å². The Morgan fingerprint density at radius 2 is 2.00 bits per heavy atom. The summed E-state index contributed by atoms with van der Waals surface area (Å²) in [7, 11) is 0. The van der Waals surface area contributed by atoms with Gasteiger partial charge >= 0.3 is 0 Å². The third-order valence-corrected chi connectivity index (χ3v) is 3.56. The number of unbranched alkanes of at least 4 members (excludes halogenated alkanes) is 1. The maximum absolute atomic E-state index is 13.0. The van der Waals surface area contributed by atoms with Gasteiger partial charge in [0.1, 0.15) is 5.82 Å². The van der Waals surface area contributed by atoms with Crippen LogP contribution in [-0.2, 0) is 9.47 Å². The van der Waals surface area contributed by atoms with Crippen LogP contribution in [0.2, 0.25) is 0 Å². The van der Waals surface area contributed by atoms with Gasteiger partial charge in [-0.15, -0.1) is 0 Å². The molecule has 3 nitrogen and oxygen atoms in total. The van der Waals surface area contributed by atoms with Crippen molar-refractivity contribution in [2.45, 2.75) is 45.8 Å². The summed E-state index contributed by atoms with van der Waals surface area (Å²) < 4.78 is 24.3. The third-order valence-electron chi connectivity index (χ3n) is 3.56. The van der Waals surface area contributed by atoms with Crippen molar-refractivity contribution in [3.8, 4) is 0 Å². The SMILES string of the molecule is CC1(C)COC(CCCCC(=O)c2cccc(F)c2)OC1. The van der Waals surface area contributed by atoms with Crippen LogP contribution in [0.4, 0.5) is 4.39 Å². The van der Waals surface area contributed by atoms with Gasteiger partial charge < -0.3 is 9.47 Å². The van der Waals surface area contributed by atoms with E-state index >= 15 is 0 Å². The molecule has 21 heavy (non-hydrogen) atoms. The van der Waals surface area contributed by atoms with E-state index in [1.54, 1.807) is 12.1 Å². The number of rotatable bonds is 6. The Labute approximate surface area is 125 Å². The van der Waals surface area contributed by atoms with Crippen molar-refractivity contribution in [1.82, 2.24) is 0 Å². The van der Waals surface area contributed by atoms with E-state index in [0.717, 1.165) is 19.3 Å². The van der Waals surface area contributed by atoms with Crippen LogP contribution in [0.15, 0.2) is 24.3 Å². The Morgan fingerprint density at radius 1 is 1.29 bits per heavy atom. The summed E-state index contributed by atoms with van der Waals surface area (Å²) in [5.74, 6) is -0.381. The molecule has 0 spiro atoms. The molecule has 1 saturated heterocycles. The van der Waals surface area contributed by atoms with Gasteiger partial charge in [-0.2, -0.15) is 0 Å². The lowest BCUT2D eigenvalue weighted by Gasteiger charge is -2.34. The summed E-state index contributed by atoms with van der Waals surface area (Å²) in [4.78, 5) is 11.9. The standard InChI is InChI=1S/C17H23FO3/c1-17(2)11-20-16(21-12-17)9-4-3-8-15(19)13-6-5-7-14(18)10-13/h5-7,10,16H,3-4,8-9,11-12H2,1-2H3. The molecule has 1 aliphatic heterocycles. The van der Waals surface area contributed by atoms with Crippen LogP contribution in [0.25, 0.3) is 0 Å². The predicted octanol–water partition coefficient (Wildman–Crippen LogP) is 3.97. The summed E-state index contributed by atoms with van der Waals surface area (Å²) in [5.41, 5.74) is 0.533. The second kappa shape index (κ2) is 7.14. The first-order valence-electron chi connectivity index (χ1n) is 7.48. The van der Waals surface area contributed by atoms with Crippen LogP contribution in [0, 0.1) is 11.2 Å². The molecule has 0 aromatic heterocycles. The lowest BCUT2D eigenvalue weighted by molar-refractivity contribution is -0.224. The number of hydrogen-bond acceptors (Lipinski definition) is 3. The second-order valence-electron chi connectivity index (χ2n) is 6.40. The highest BCUT2D eigenvalue weighted by atomic mass is 19.1. The maximum atomic E-state index is 13.0. The summed E-state index contributed by atoms with van der Waals surface area (Å²) in [6.07, 6.45) is 2.71. The number of carbonyl (C=O) groups excluding carboxylic acids is 1. The number of carbonyl (C=O) groups is 1. The zero-order valence-electron chi connectivity index (χ0n) is 12.7. The smallest absolute Gasteiger partial charge is 0.162 e. The number of Topliss-reactive ketones (excluding diaryl/α,β-unsaturated/α-hetero) is 1. The molecule has 116 valence electrons. The molecule has 1 aromatic rings. The fraction of sp³-hybridized carbons (Fsp3) is 0.588. The van der Waals surface area contributed by atoms with Crippen molar-refractivity contribution in [3.05, 3.63) is 35.6 Å². The van der Waals surface area contributed by atoms with Gasteiger partial charge in [0.2, 0.25) is 0 Å². The van der Waals surface area contributed by atoms with E-state index in [4.69, 9.17) is 9.47 Å². The Hall–Kier alpha value is -1.26. The molecule has 2 rings (SSSR count). The molecule has 0 N–H and O–H groups in total. The van der Waals surface area contributed by atoms with Gasteiger partial charge in [-0.1, -0.05) is 26.0 Å². The van der Waals surface area contributed by atoms with Gasteiger partial charge in [0, 0.05) is 17.4 Å². The topological polar surface area (TPSA) is 35.5 Å². The number of ketones is 1. The van der Waals surface area contributed by atoms with Gasteiger partial charge in [0.05, 0.1) is 13.2 Å². The first kappa shape index (κ1) is 16.1. The average Bonchev–Trinajstić information content (AvgIpc) is 2.45. The van der Waals surface area contributed by atoms with Gasteiger partial charge in [-0.25, -0.2) is 4.39 Å². The van der Waals surface area contributed by atoms with Gasteiger partial charge in [-0.05, 0) is 31.4 Å². The van der Waals surface area contributed by atoms with Crippen molar-refractivity contribution in [2.75, 3.05) is 13.2 Å². The summed E-state index contributed by atoms with van der Waals surface area (Å²) in [5, 5.41) is 0. The molecule has 0 radical (unpaired) electrons. The molecule has 0 atom stereocenters. The van der Waals surface area contributed by atoms with E-state index < -0.39 is 0 Å². The largest absolute Gasteiger partial charge is 0.352 e. The number of ether oxygens (including phenoxy) is 2. The Bertz CT molecular complexity index is 475. The van der Waals surface area contributed by atoms with Crippen LogP contribution in [0.5, 0.6) is 0 Å². The molecule has 0 amide bonds. The summed E-state index contributed by atoms with van der Waals surface area (Å²) >= 11 is 0. The lowest BCUT2D eigenvalue weighted by Crippen LogP contribution is -2.37. The minimum Gasteiger partial charge on any atom is -0.352 e. The van der Waals surface area contributed by atoms with Crippen molar-refractivity contribution in [1.29, 1.82) is 0 Å². The molecule has 0 aliphatic carbocycles. The van der Waals surface area contributed by atoms with Crippen LogP contribution >= 0.6 is 0 Å². The molecule has 0 bridgehead atoms. The molecule has 0 unspecified atom stereocenters. The molecule has 1 aliphatic rings. The first-order valence-corrected chi connectivity index (χ1v) is 7.48.